The van der Waals surface area contributed by atoms with Gasteiger partial charge in [-0.15, -0.1) is 11.6 Å². The van der Waals surface area contributed by atoms with E-state index in [9.17, 15) is 8.42 Å². The van der Waals surface area contributed by atoms with Gasteiger partial charge in [-0.3, -0.25) is 0 Å². The summed E-state index contributed by atoms with van der Waals surface area (Å²) in [6.45, 7) is 3.44. The van der Waals surface area contributed by atoms with Crippen molar-refractivity contribution in [3.8, 4) is 0 Å². The third kappa shape index (κ3) is 3.18. The number of halogens is 1. The van der Waals surface area contributed by atoms with Crippen LogP contribution in [0.4, 0.5) is 5.69 Å². The topological polar surface area (TPSA) is 37.4 Å². The molecule has 18 heavy (non-hydrogen) atoms. The summed E-state index contributed by atoms with van der Waals surface area (Å²) < 4.78 is 23.2. The lowest BCUT2D eigenvalue weighted by Crippen LogP contribution is -2.27. The third-order valence-corrected chi connectivity index (χ3v) is 5.34. The van der Waals surface area contributed by atoms with E-state index < -0.39 is 9.84 Å². The number of aryl methyl sites for hydroxylation is 1. The molecule has 1 saturated heterocycles. The number of alkyl halides is 1. The van der Waals surface area contributed by atoms with Gasteiger partial charge in [0.05, 0.1) is 11.5 Å². The molecular formula is C13H18ClNO2S. The highest BCUT2D eigenvalue weighted by Gasteiger charge is 2.20. The zero-order valence-corrected chi connectivity index (χ0v) is 12.1. The van der Waals surface area contributed by atoms with Crippen molar-refractivity contribution in [1.29, 1.82) is 0 Å². The van der Waals surface area contributed by atoms with Crippen LogP contribution >= 0.6 is 11.6 Å². The first-order valence-electron chi connectivity index (χ1n) is 6.13. The smallest absolute Gasteiger partial charge is 0.152 e. The zero-order chi connectivity index (χ0) is 13.2. The summed E-state index contributed by atoms with van der Waals surface area (Å²) in [4.78, 5) is 2.16. The number of hydrogen-bond acceptors (Lipinski definition) is 3. The first kappa shape index (κ1) is 13.7. The number of hydrogen-bond donors (Lipinski definition) is 0. The van der Waals surface area contributed by atoms with Gasteiger partial charge in [0.25, 0.3) is 0 Å². The molecule has 0 bridgehead atoms. The zero-order valence-electron chi connectivity index (χ0n) is 10.5. The van der Waals surface area contributed by atoms with Gasteiger partial charge >= 0.3 is 0 Å². The van der Waals surface area contributed by atoms with Crippen molar-refractivity contribution in [1.82, 2.24) is 0 Å². The maximum Gasteiger partial charge on any atom is 0.152 e. The summed E-state index contributed by atoms with van der Waals surface area (Å²) in [6, 6.07) is 6.13. The van der Waals surface area contributed by atoms with Crippen molar-refractivity contribution in [2.45, 2.75) is 19.2 Å². The van der Waals surface area contributed by atoms with Crippen molar-refractivity contribution >= 4 is 27.1 Å². The third-order valence-electron chi connectivity index (χ3n) is 3.31. The van der Waals surface area contributed by atoms with Crippen LogP contribution in [0, 0.1) is 6.92 Å². The van der Waals surface area contributed by atoms with E-state index in [-0.39, 0.29) is 5.75 Å². The quantitative estimate of drug-likeness (QED) is 0.784. The van der Waals surface area contributed by atoms with Crippen LogP contribution in [-0.2, 0) is 15.7 Å². The minimum absolute atomic E-state index is 0.254. The van der Waals surface area contributed by atoms with Gasteiger partial charge in [0.1, 0.15) is 0 Å². The highest BCUT2D eigenvalue weighted by Crippen LogP contribution is 2.23. The van der Waals surface area contributed by atoms with Gasteiger partial charge in [-0.1, -0.05) is 12.1 Å². The van der Waals surface area contributed by atoms with Crippen molar-refractivity contribution in [2.24, 2.45) is 0 Å². The molecule has 0 aromatic heterocycles. The molecule has 0 spiro atoms. The van der Waals surface area contributed by atoms with E-state index in [1.807, 2.05) is 19.1 Å². The Labute approximate surface area is 114 Å². The summed E-state index contributed by atoms with van der Waals surface area (Å²) in [6.07, 6.45) is 0.707. The monoisotopic (exact) mass is 287 g/mol. The molecule has 0 N–H and O–H groups in total. The molecule has 0 unspecified atom stereocenters. The SMILES string of the molecule is Cc1cc(CCl)ccc1N1CCCS(=O)(=O)CC1. The summed E-state index contributed by atoms with van der Waals surface area (Å²) in [5.41, 5.74) is 3.38. The number of sulfone groups is 1. The summed E-state index contributed by atoms with van der Waals surface area (Å²) in [5.74, 6) is 1.07. The Hall–Kier alpha value is -0.740. The first-order valence-corrected chi connectivity index (χ1v) is 8.48. The lowest BCUT2D eigenvalue weighted by Gasteiger charge is -2.24. The fourth-order valence-corrected chi connectivity index (χ4v) is 3.77. The van der Waals surface area contributed by atoms with E-state index in [2.05, 4.69) is 11.0 Å². The van der Waals surface area contributed by atoms with Crippen LogP contribution in [0.2, 0.25) is 0 Å². The summed E-state index contributed by atoms with van der Waals surface area (Å²) in [7, 11) is -2.85. The van der Waals surface area contributed by atoms with Crippen LogP contribution in [0.15, 0.2) is 18.2 Å². The van der Waals surface area contributed by atoms with Gasteiger partial charge in [0, 0.05) is 24.7 Å². The van der Waals surface area contributed by atoms with E-state index in [1.54, 1.807) is 0 Å². The molecule has 0 radical (unpaired) electrons. The van der Waals surface area contributed by atoms with Gasteiger partial charge in [-0.2, -0.15) is 0 Å². The highest BCUT2D eigenvalue weighted by atomic mass is 35.5. The summed E-state index contributed by atoms with van der Waals surface area (Å²) >= 11 is 5.81. The molecule has 0 amide bonds. The molecular weight excluding hydrogens is 270 g/mol. The Morgan fingerprint density at radius 2 is 2.06 bits per heavy atom. The number of anilines is 1. The molecule has 0 saturated carbocycles. The maximum absolute atomic E-state index is 11.6. The van der Waals surface area contributed by atoms with E-state index in [1.165, 1.54) is 0 Å². The largest absolute Gasteiger partial charge is 0.370 e. The standard InChI is InChI=1S/C13H18ClNO2S/c1-11-9-12(10-14)3-4-13(11)15-5-2-7-18(16,17)8-6-15/h3-4,9H,2,5-8,10H2,1H3. The van der Waals surface area contributed by atoms with E-state index in [4.69, 9.17) is 11.6 Å². The Morgan fingerprint density at radius 3 is 2.72 bits per heavy atom. The van der Waals surface area contributed by atoms with Crippen LogP contribution < -0.4 is 4.90 Å². The van der Waals surface area contributed by atoms with Gasteiger partial charge in [0.15, 0.2) is 9.84 Å². The van der Waals surface area contributed by atoms with Crippen LogP contribution in [0.3, 0.4) is 0 Å². The molecule has 1 aromatic rings. The van der Waals surface area contributed by atoms with Crippen LogP contribution in [0.1, 0.15) is 17.5 Å². The second kappa shape index (κ2) is 5.49. The molecule has 100 valence electrons. The van der Waals surface area contributed by atoms with E-state index in [0.717, 1.165) is 23.4 Å². The van der Waals surface area contributed by atoms with Crippen molar-refractivity contribution in [2.75, 3.05) is 29.5 Å². The first-order chi connectivity index (χ1) is 8.52. The van der Waals surface area contributed by atoms with Gasteiger partial charge in [-0.05, 0) is 30.5 Å². The molecule has 0 aliphatic carbocycles. The van der Waals surface area contributed by atoms with Gasteiger partial charge in [0.2, 0.25) is 0 Å². The van der Waals surface area contributed by atoms with Crippen molar-refractivity contribution in [3.05, 3.63) is 29.3 Å². The van der Waals surface area contributed by atoms with Gasteiger partial charge in [-0.25, -0.2) is 8.42 Å². The van der Waals surface area contributed by atoms with E-state index >= 15 is 0 Å². The molecule has 5 heteroatoms. The molecule has 0 atom stereocenters. The molecule has 1 aromatic carbocycles. The van der Waals surface area contributed by atoms with Crippen molar-refractivity contribution in [3.63, 3.8) is 0 Å². The average molecular weight is 288 g/mol. The average Bonchev–Trinajstić information content (AvgIpc) is 2.50. The normalized spacial score (nSPS) is 19.6. The lowest BCUT2D eigenvalue weighted by atomic mass is 10.1. The van der Waals surface area contributed by atoms with Gasteiger partial charge < -0.3 is 4.90 Å². The van der Waals surface area contributed by atoms with Crippen LogP contribution in [0.25, 0.3) is 0 Å². The Balaban J connectivity index is 2.21. The number of nitrogens with zero attached hydrogens (tertiary/aromatic N) is 1. The Bertz CT molecular complexity index is 528. The molecule has 1 aliphatic heterocycles. The molecule has 1 heterocycles. The highest BCUT2D eigenvalue weighted by molar-refractivity contribution is 7.91. The lowest BCUT2D eigenvalue weighted by molar-refractivity contribution is 0.597. The molecule has 1 fully saturated rings. The van der Waals surface area contributed by atoms with Crippen LogP contribution in [0.5, 0.6) is 0 Å². The fraction of sp³-hybridized carbons (Fsp3) is 0.538. The minimum Gasteiger partial charge on any atom is -0.370 e. The fourth-order valence-electron chi connectivity index (χ4n) is 2.33. The predicted octanol–water partition coefficient (Wildman–Crippen LogP) is 2.36. The van der Waals surface area contributed by atoms with Crippen molar-refractivity contribution < 1.29 is 8.42 Å². The predicted molar refractivity (Wildman–Crippen MR) is 76.2 cm³/mol. The van der Waals surface area contributed by atoms with Crippen LogP contribution in [-0.4, -0.2) is 33.0 Å². The minimum atomic E-state index is -2.85. The second-order valence-corrected chi connectivity index (χ2v) is 7.32. The second-order valence-electron chi connectivity index (χ2n) is 4.75. The Kier molecular flexibility index (Phi) is 4.17. The molecule has 3 nitrogen and oxygen atoms in total. The number of rotatable bonds is 2. The summed E-state index contributed by atoms with van der Waals surface area (Å²) in [5, 5.41) is 0. The maximum atomic E-state index is 11.6. The molecule has 1 aliphatic rings. The Morgan fingerprint density at radius 1 is 1.28 bits per heavy atom. The molecule has 2 rings (SSSR count). The number of benzene rings is 1. The van der Waals surface area contributed by atoms with E-state index in [0.29, 0.717) is 24.6 Å².